The second-order valence-electron chi connectivity index (χ2n) is 10.6. The Labute approximate surface area is 232 Å². The summed E-state index contributed by atoms with van der Waals surface area (Å²) in [6.45, 7) is 10.7. The van der Waals surface area contributed by atoms with Gasteiger partial charge in [0.2, 0.25) is 0 Å². The molecule has 0 spiro atoms. The van der Waals surface area contributed by atoms with Gasteiger partial charge < -0.3 is 19.8 Å². The number of aromatic amines is 1. The maximum absolute atomic E-state index is 5.61. The van der Waals surface area contributed by atoms with Gasteiger partial charge in [-0.1, -0.05) is 74.5 Å². The van der Waals surface area contributed by atoms with Crippen molar-refractivity contribution in [3.05, 3.63) is 101 Å². The third-order valence-corrected chi connectivity index (χ3v) is 8.15. The second kappa shape index (κ2) is 11.6. The molecule has 0 amide bonds. The largest absolute Gasteiger partial charge is 0.493 e. The van der Waals surface area contributed by atoms with Crippen molar-refractivity contribution in [3.8, 4) is 22.9 Å². The fourth-order valence-corrected chi connectivity index (χ4v) is 6.44. The van der Waals surface area contributed by atoms with Gasteiger partial charge in [-0.05, 0) is 42.2 Å². The van der Waals surface area contributed by atoms with Gasteiger partial charge >= 0.3 is 0 Å². The molecule has 5 rings (SSSR count). The van der Waals surface area contributed by atoms with Crippen molar-refractivity contribution in [1.29, 1.82) is 0 Å². The third-order valence-electron chi connectivity index (χ3n) is 8.15. The highest BCUT2D eigenvalue weighted by molar-refractivity contribution is 5.62. The van der Waals surface area contributed by atoms with Gasteiger partial charge in [-0.2, -0.15) is 0 Å². The van der Waals surface area contributed by atoms with Crippen LogP contribution in [0.4, 0.5) is 0 Å². The van der Waals surface area contributed by atoms with E-state index in [9.17, 15) is 0 Å². The van der Waals surface area contributed by atoms with E-state index in [0.717, 1.165) is 49.0 Å². The fraction of sp³-hybridized carbons (Fsp3) is 0.364. The van der Waals surface area contributed by atoms with E-state index < -0.39 is 0 Å². The van der Waals surface area contributed by atoms with E-state index in [0.29, 0.717) is 11.5 Å². The molecule has 0 radical (unpaired) electrons. The highest BCUT2D eigenvalue weighted by Gasteiger charge is 2.51. The Kier molecular flexibility index (Phi) is 8.05. The number of imidazole rings is 1. The van der Waals surface area contributed by atoms with Crippen LogP contribution in [0.1, 0.15) is 42.3 Å². The van der Waals surface area contributed by atoms with Crippen LogP contribution in [0, 0.1) is 12.8 Å². The van der Waals surface area contributed by atoms with Crippen LogP contribution in [0.2, 0.25) is 0 Å². The Morgan fingerprint density at radius 1 is 0.821 bits per heavy atom. The maximum Gasteiger partial charge on any atom is 0.161 e. The van der Waals surface area contributed by atoms with E-state index in [4.69, 9.17) is 14.5 Å². The number of nitrogens with one attached hydrogen (secondary N) is 2. The third kappa shape index (κ3) is 4.95. The molecule has 1 aliphatic heterocycles. The van der Waals surface area contributed by atoms with E-state index in [1.807, 2.05) is 18.2 Å². The van der Waals surface area contributed by atoms with Crippen molar-refractivity contribution < 1.29 is 9.47 Å². The lowest BCUT2D eigenvalue weighted by molar-refractivity contribution is 0.0108. The molecule has 1 aliphatic rings. The first kappa shape index (κ1) is 27.0. The SMILES string of the molecule is COc1ccc(-c2nc(C(C(C)C)(C(c3ccccc3)c3ccccc3)N3CCNCC3)c(C)[nH]2)cc1OC. The number of hydrogen-bond acceptors (Lipinski definition) is 5. The molecule has 1 unspecified atom stereocenters. The smallest absolute Gasteiger partial charge is 0.161 e. The Hall–Kier alpha value is -3.61. The van der Waals surface area contributed by atoms with Gasteiger partial charge in [0.15, 0.2) is 11.5 Å². The molecular formula is C33H40N4O2. The van der Waals surface area contributed by atoms with Crippen LogP contribution in [0.5, 0.6) is 11.5 Å². The molecule has 6 heteroatoms. The van der Waals surface area contributed by atoms with E-state index in [1.165, 1.54) is 11.1 Å². The number of piperazine rings is 1. The summed E-state index contributed by atoms with van der Waals surface area (Å²) in [5.74, 6) is 2.58. The molecule has 6 nitrogen and oxygen atoms in total. The van der Waals surface area contributed by atoms with Gasteiger partial charge in [0, 0.05) is 43.4 Å². The summed E-state index contributed by atoms with van der Waals surface area (Å²) in [6, 6.07) is 27.9. The molecule has 0 aliphatic carbocycles. The normalized spacial score (nSPS) is 15.9. The number of methoxy groups -OCH3 is 2. The number of nitrogens with zero attached hydrogens (tertiary/aromatic N) is 2. The lowest BCUT2D eigenvalue weighted by Crippen LogP contribution is -2.60. The van der Waals surface area contributed by atoms with Crippen LogP contribution >= 0.6 is 0 Å². The molecule has 1 aromatic heterocycles. The Morgan fingerprint density at radius 2 is 1.41 bits per heavy atom. The zero-order valence-corrected chi connectivity index (χ0v) is 23.7. The zero-order valence-electron chi connectivity index (χ0n) is 23.7. The Bertz CT molecular complexity index is 1320. The predicted molar refractivity (Wildman–Crippen MR) is 158 cm³/mol. The molecule has 1 saturated heterocycles. The number of hydrogen-bond donors (Lipinski definition) is 2. The van der Waals surface area contributed by atoms with Crippen molar-refractivity contribution >= 4 is 0 Å². The topological polar surface area (TPSA) is 62.4 Å². The summed E-state index contributed by atoms with van der Waals surface area (Å²) >= 11 is 0. The molecule has 204 valence electrons. The number of aryl methyl sites for hydroxylation is 1. The minimum atomic E-state index is -0.389. The lowest BCUT2D eigenvalue weighted by atomic mass is 9.65. The van der Waals surface area contributed by atoms with Crippen LogP contribution < -0.4 is 14.8 Å². The number of rotatable bonds is 9. The second-order valence-corrected chi connectivity index (χ2v) is 10.6. The van der Waals surface area contributed by atoms with Gasteiger partial charge in [-0.25, -0.2) is 4.98 Å². The number of H-pyrrole nitrogens is 1. The van der Waals surface area contributed by atoms with Gasteiger partial charge in [0.25, 0.3) is 0 Å². The number of benzene rings is 3. The van der Waals surface area contributed by atoms with Gasteiger partial charge in [-0.15, -0.1) is 0 Å². The molecule has 1 atom stereocenters. The van der Waals surface area contributed by atoms with Gasteiger partial charge in [0.1, 0.15) is 5.82 Å². The quantitative estimate of drug-likeness (QED) is 0.282. The summed E-state index contributed by atoms with van der Waals surface area (Å²) < 4.78 is 11.1. The standard InChI is InChI=1S/C33H40N4O2/c1-23(2)33(37-20-18-34-19-21-37,30(25-12-8-6-9-13-25)26-14-10-7-11-15-26)31-24(3)35-32(36-31)27-16-17-28(38-4)29(22-27)39-5/h6-17,22-23,30,34H,18-21H2,1-5H3,(H,35,36). The number of aromatic nitrogens is 2. The molecule has 0 bridgehead atoms. The van der Waals surface area contributed by atoms with Crippen LogP contribution in [-0.2, 0) is 5.54 Å². The minimum Gasteiger partial charge on any atom is -0.493 e. The maximum atomic E-state index is 5.61. The molecule has 2 N–H and O–H groups in total. The van der Waals surface area contributed by atoms with E-state index in [-0.39, 0.29) is 17.4 Å². The molecular weight excluding hydrogens is 484 g/mol. The van der Waals surface area contributed by atoms with E-state index >= 15 is 0 Å². The summed E-state index contributed by atoms with van der Waals surface area (Å²) in [7, 11) is 3.32. The monoisotopic (exact) mass is 524 g/mol. The average Bonchev–Trinajstić information content (AvgIpc) is 3.38. The van der Waals surface area contributed by atoms with Crippen LogP contribution in [-0.4, -0.2) is 55.3 Å². The average molecular weight is 525 g/mol. The molecule has 2 heterocycles. The van der Waals surface area contributed by atoms with Crippen LogP contribution in [0.15, 0.2) is 78.9 Å². The highest BCUT2D eigenvalue weighted by Crippen LogP contribution is 2.51. The molecule has 1 fully saturated rings. The molecule has 0 saturated carbocycles. The summed E-state index contributed by atoms with van der Waals surface area (Å²) in [4.78, 5) is 11.8. The Morgan fingerprint density at radius 3 is 1.95 bits per heavy atom. The fourth-order valence-electron chi connectivity index (χ4n) is 6.44. The first-order valence-electron chi connectivity index (χ1n) is 13.9. The zero-order chi connectivity index (χ0) is 27.4. The summed E-state index contributed by atoms with van der Waals surface area (Å²) in [6.07, 6.45) is 0. The predicted octanol–water partition coefficient (Wildman–Crippen LogP) is 5.99. The van der Waals surface area contributed by atoms with Crippen molar-refractivity contribution in [2.75, 3.05) is 40.4 Å². The summed E-state index contributed by atoms with van der Waals surface area (Å²) in [5.41, 5.74) is 5.36. The van der Waals surface area contributed by atoms with E-state index in [2.05, 4.69) is 96.6 Å². The molecule has 3 aromatic carbocycles. The van der Waals surface area contributed by atoms with Crippen molar-refractivity contribution in [1.82, 2.24) is 20.2 Å². The lowest BCUT2D eigenvalue weighted by Gasteiger charge is -2.53. The molecule has 39 heavy (non-hydrogen) atoms. The number of ether oxygens (including phenoxy) is 2. The van der Waals surface area contributed by atoms with Crippen LogP contribution in [0.25, 0.3) is 11.4 Å². The first-order chi connectivity index (χ1) is 19.0. The van der Waals surface area contributed by atoms with Crippen molar-refractivity contribution in [2.24, 2.45) is 5.92 Å². The van der Waals surface area contributed by atoms with Crippen LogP contribution in [0.3, 0.4) is 0 Å². The summed E-state index contributed by atoms with van der Waals surface area (Å²) in [5, 5.41) is 3.57. The van der Waals surface area contributed by atoms with E-state index in [1.54, 1.807) is 14.2 Å². The van der Waals surface area contributed by atoms with Crippen molar-refractivity contribution in [2.45, 2.75) is 32.2 Å². The first-order valence-corrected chi connectivity index (χ1v) is 13.9. The minimum absolute atomic E-state index is 0.0817. The highest BCUT2D eigenvalue weighted by atomic mass is 16.5. The molecule has 4 aromatic rings. The van der Waals surface area contributed by atoms with Gasteiger partial charge in [0.05, 0.1) is 25.5 Å². The van der Waals surface area contributed by atoms with Gasteiger partial charge in [-0.3, -0.25) is 4.90 Å². The Balaban J connectivity index is 1.77. The van der Waals surface area contributed by atoms with Crippen molar-refractivity contribution in [3.63, 3.8) is 0 Å².